The van der Waals surface area contributed by atoms with Crippen LogP contribution in [-0.2, 0) is 9.59 Å². The number of carbonyl (C=O) groups excluding carboxylic acids is 2. The Morgan fingerprint density at radius 1 is 0.900 bits per heavy atom. The van der Waals surface area contributed by atoms with Crippen molar-refractivity contribution in [3.63, 3.8) is 0 Å². The molecule has 2 amide bonds. The van der Waals surface area contributed by atoms with Crippen molar-refractivity contribution in [3.8, 4) is 0 Å². The van der Waals surface area contributed by atoms with Crippen LogP contribution in [0.1, 0.15) is 12.8 Å². The Labute approximate surface area is 122 Å². The second-order valence-electron chi connectivity index (χ2n) is 5.83. The van der Waals surface area contributed by atoms with E-state index in [9.17, 15) is 9.59 Å². The lowest BCUT2D eigenvalue weighted by molar-refractivity contribution is -0.124. The maximum absolute atomic E-state index is 12.7. The van der Waals surface area contributed by atoms with Crippen molar-refractivity contribution in [2.75, 3.05) is 4.90 Å². The summed E-state index contributed by atoms with van der Waals surface area (Å²) in [5.74, 6) is 0.0871. The fourth-order valence-electron chi connectivity index (χ4n) is 3.92. The Morgan fingerprint density at radius 3 is 1.85 bits per heavy atom. The van der Waals surface area contributed by atoms with Gasteiger partial charge in [0.1, 0.15) is 0 Å². The summed E-state index contributed by atoms with van der Waals surface area (Å²) in [7, 11) is 0. The van der Waals surface area contributed by atoms with Crippen molar-refractivity contribution < 1.29 is 9.59 Å². The fraction of sp³-hybridized carbons (Fsp3) is 0.375. The van der Waals surface area contributed by atoms with E-state index in [4.69, 9.17) is 11.6 Å². The predicted molar refractivity (Wildman–Crippen MR) is 76.3 cm³/mol. The van der Waals surface area contributed by atoms with Crippen LogP contribution in [0, 0.1) is 23.7 Å². The zero-order chi connectivity index (χ0) is 13.9. The van der Waals surface area contributed by atoms with Crippen LogP contribution in [-0.4, -0.2) is 11.8 Å². The molecule has 3 nitrogen and oxygen atoms in total. The molecule has 0 N–H and O–H groups in total. The molecular weight excluding hydrogens is 274 g/mol. The van der Waals surface area contributed by atoms with Crippen molar-refractivity contribution >= 4 is 29.1 Å². The topological polar surface area (TPSA) is 37.4 Å². The molecule has 1 saturated heterocycles. The molecule has 20 heavy (non-hydrogen) atoms. The van der Waals surface area contributed by atoms with E-state index in [2.05, 4.69) is 12.2 Å². The van der Waals surface area contributed by atoms with E-state index >= 15 is 0 Å². The summed E-state index contributed by atoms with van der Waals surface area (Å²) in [6.07, 6.45) is 6.31. The first-order chi connectivity index (χ1) is 9.66. The van der Waals surface area contributed by atoms with Gasteiger partial charge in [0.25, 0.3) is 0 Å². The third-order valence-corrected chi connectivity index (χ3v) is 5.10. The van der Waals surface area contributed by atoms with Gasteiger partial charge in [0.05, 0.1) is 17.5 Å². The first-order valence-electron chi connectivity index (χ1n) is 6.98. The van der Waals surface area contributed by atoms with E-state index < -0.39 is 0 Å². The Bertz CT molecular complexity index is 590. The lowest BCUT2D eigenvalue weighted by atomic mass is 9.63. The zero-order valence-electron chi connectivity index (χ0n) is 10.8. The van der Waals surface area contributed by atoms with E-state index in [1.165, 1.54) is 4.90 Å². The number of allylic oxidation sites excluding steroid dienone is 2. The summed E-state index contributed by atoms with van der Waals surface area (Å²) in [5.41, 5.74) is 0.637. The normalized spacial score (nSPS) is 34.8. The van der Waals surface area contributed by atoms with E-state index in [0.717, 1.165) is 12.8 Å². The number of fused-ring (bicyclic) bond motifs is 1. The largest absolute Gasteiger partial charge is 0.274 e. The fourth-order valence-corrected chi connectivity index (χ4v) is 4.04. The number of benzene rings is 1. The number of anilines is 1. The molecule has 0 aromatic heterocycles. The maximum Gasteiger partial charge on any atom is 0.238 e. The van der Waals surface area contributed by atoms with Crippen molar-refractivity contribution in [2.24, 2.45) is 23.7 Å². The van der Waals surface area contributed by atoms with Gasteiger partial charge in [-0.15, -0.1) is 0 Å². The first-order valence-corrected chi connectivity index (χ1v) is 7.36. The van der Waals surface area contributed by atoms with Gasteiger partial charge in [0.15, 0.2) is 0 Å². The predicted octanol–water partition coefficient (Wildman–Crippen LogP) is 3.04. The van der Waals surface area contributed by atoms with Crippen molar-refractivity contribution in [3.05, 3.63) is 41.4 Å². The molecule has 0 radical (unpaired) electrons. The quantitative estimate of drug-likeness (QED) is 0.588. The van der Waals surface area contributed by atoms with Crippen molar-refractivity contribution in [1.29, 1.82) is 0 Å². The van der Waals surface area contributed by atoms with Crippen LogP contribution < -0.4 is 4.90 Å². The monoisotopic (exact) mass is 287 g/mol. The second kappa shape index (κ2) is 4.19. The number of rotatable bonds is 1. The van der Waals surface area contributed by atoms with Gasteiger partial charge >= 0.3 is 0 Å². The third-order valence-electron chi connectivity index (χ3n) is 4.84. The summed E-state index contributed by atoms with van der Waals surface area (Å²) < 4.78 is 0. The molecule has 1 aromatic carbocycles. The molecule has 2 fully saturated rings. The van der Waals surface area contributed by atoms with Crippen LogP contribution in [0.15, 0.2) is 36.4 Å². The Morgan fingerprint density at radius 2 is 1.40 bits per heavy atom. The minimum atomic E-state index is -0.151. The molecule has 3 aliphatic carbocycles. The second-order valence-corrected chi connectivity index (χ2v) is 6.27. The van der Waals surface area contributed by atoms with Gasteiger partial charge in [0.2, 0.25) is 11.8 Å². The molecule has 0 spiro atoms. The summed E-state index contributed by atoms with van der Waals surface area (Å²) in [6.45, 7) is 0. The molecule has 1 saturated carbocycles. The van der Waals surface area contributed by atoms with E-state index in [1.807, 2.05) is 0 Å². The van der Waals surface area contributed by atoms with Crippen molar-refractivity contribution in [1.82, 2.24) is 0 Å². The Kier molecular flexibility index (Phi) is 2.55. The molecule has 4 aliphatic rings. The molecule has 1 aliphatic heterocycles. The molecule has 4 heteroatoms. The molecule has 1 heterocycles. The summed E-state index contributed by atoms with van der Waals surface area (Å²) in [6, 6.07) is 6.91. The van der Waals surface area contributed by atoms with E-state index in [-0.39, 0.29) is 35.5 Å². The number of nitrogens with zero attached hydrogens (tertiary/aromatic N) is 1. The summed E-state index contributed by atoms with van der Waals surface area (Å²) >= 11 is 5.87. The van der Waals surface area contributed by atoms with Crippen LogP contribution in [0.3, 0.4) is 0 Å². The lowest BCUT2D eigenvalue weighted by Gasteiger charge is -2.38. The highest BCUT2D eigenvalue weighted by Gasteiger charge is 2.56. The highest BCUT2D eigenvalue weighted by atomic mass is 35.5. The Hall–Kier alpha value is -1.61. The van der Waals surface area contributed by atoms with E-state index in [0.29, 0.717) is 10.7 Å². The third kappa shape index (κ3) is 1.53. The smallest absolute Gasteiger partial charge is 0.238 e. The minimum absolute atomic E-state index is 0.0404. The number of imide groups is 1. The van der Waals surface area contributed by atoms with Gasteiger partial charge < -0.3 is 0 Å². The number of halogens is 1. The Balaban J connectivity index is 1.75. The van der Waals surface area contributed by atoms with Crippen LogP contribution in [0.2, 0.25) is 5.02 Å². The van der Waals surface area contributed by atoms with Crippen LogP contribution in [0.25, 0.3) is 0 Å². The maximum atomic E-state index is 12.7. The minimum Gasteiger partial charge on any atom is -0.274 e. The number of amides is 2. The highest BCUT2D eigenvalue weighted by molar-refractivity contribution is 6.30. The van der Waals surface area contributed by atoms with Gasteiger partial charge in [-0.25, -0.2) is 0 Å². The molecule has 102 valence electrons. The van der Waals surface area contributed by atoms with Gasteiger partial charge in [-0.1, -0.05) is 23.8 Å². The summed E-state index contributed by atoms with van der Waals surface area (Å²) in [4.78, 5) is 26.7. The molecule has 5 rings (SSSR count). The zero-order valence-corrected chi connectivity index (χ0v) is 11.6. The number of hydrogen-bond acceptors (Lipinski definition) is 2. The van der Waals surface area contributed by atoms with Crippen molar-refractivity contribution in [2.45, 2.75) is 12.8 Å². The van der Waals surface area contributed by atoms with Gasteiger partial charge in [-0.2, -0.15) is 0 Å². The van der Waals surface area contributed by atoms with E-state index in [1.54, 1.807) is 24.3 Å². The lowest BCUT2D eigenvalue weighted by Crippen LogP contribution is -2.38. The van der Waals surface area contributed by atoms with Gasteiger partial charge in [-0.3, -0.25) is 14.5 Å². The summed E-state index contributed by atoms with van der Waals surface area (Å²) in [5, 5.41) is 0.604. The standard InChI is InChI=1S/C16H14ClNO2/c17-11-5-7-12(8-6-11)18-15(19)13-9-1-2-10(4-3-9)14(13)16(18)20/h1-2,5-10,13-14H,3-4H2/t9-,10-,13-,14-/m0/s1. The molecule has 4 atom stereocenters. The van der Waals surface area contributed by atoms with Gasteiger partial charge in [-0.05, 0) is 48.9 Å². The average molecular weight is 288 g/mol. The SMILES string of the molecule is O=C1[C@@H]2[C@@H](C(=O)N1c1ccc(Cl)cc1)[C@H]1C=C[C@H]2CC1. The molecular formula is C16H14ClNO2. The number of carbonyl (C=O) groups is 2. The first kappa shape index (κ1) is 12.2. The highest BCUT2D eigenvalue weighted by Crippen LogP contribution is 2.50. The average Bonchev–Trinajstić information content (AvgIpc) is 2.76. The van der Waals surface area contributed by atoms with Gasteiger partial charge in [0, 0.05) is 5.02 Å². The molecule has 0 unspecified atom stereocenters. The van der Waals surface area contributed by atoms with Crippen LogP contribution >= 0.6 is 11.6 Å². The number of hydrogen-bond donors (Lipinski definition) is 0. The molecule has 2 bridgehead atoms. The molecule has 1 aromatic rings. The van der Waals surface area contributed by atoms with Crippen LogP contribution in [0.4, 0.5) is 5.69 Å². The van der Waals surface area contributed by atoms with Crippen LogP contribution in [0.5, 0.6) is 0 Å².